The highest BCUT2D eigenvalue weighted by atomic mass is 16.6. The minimum absolute atomic E-state index is 0.0738. The highest BCUT2D eigenvalue weighted by Crippen LogP contribution is 2.19. The van der Waals surface area contributed by atoms with Gasteiger partial charge in [0, 0.05) is 19.3 Å². The SMILES string of the molecule is CCC/C=C\C/C=C\CCCCCCCC(=O)OCC(COC(=O)CCCCCCCCCCCCCCC/C=C\C/C=C\CCCCCCC)OC(=O)CCCCCCCCCCCCCCCCCCCCCCCCCCC. The number of hydrogen-bond acceptors (Lipinski definition) is 6. The molecule has 0 heterocycles. The van der Waals surface area contributed by atoms with E-state index in [4.69, 9.17) is 14.2 Å². The molecule has 6 nitrogen and oxygen atoms in total. The second-order valence-corrected chi connectivity index (χ2v) is 24.5. The van der Waals surface area contributed by atoms with Crippen LogP contribution in [0.15, 0.2) is 48.6 Å². The molecule has 0 aromatic heterocycles. The van der Waals surface area contributed by atoms with Gasteiger partial charge < -0.3 is 14.2 Å². The van der Waals surface area contributed by atoms with Gasteiger partial charge in [-0.15, -0.1) is 0 Å². The maximum absolute atomic E-state index is 13.0. The summed E-state index contributed by atoms with van der Waals surface area (Å²) >= 11 is 0. The van der Waals surface area contributed by atoms with Gasteiger partial charge in [-0.2, -0.15) is 0 Å². The molecule has 1 atom stereocenters. The molecule has 81 heavy (non-hydrogen) atoms. The Morgan fingerprint density at radius 2 is 0.469 bits per heavy atom. The van der Waals surface area contributed by atoms with E-state index < -0.39 is 6.10 Å². The molecule has 0 amide bonds. The number of rotatable bonds is 67. The van der Waals surface area contributed by atoms with Gasteiger partial charge in [-0.1, -0.05) is 345 Å². The molecule has 0 aromatic rings. The van der Waals surface area contributed by atoms with Crippen LogP contribution in [-0.2, 0) is 28.6 Å². The van der Waals surface area contributed by atoms with Crippen molar-refractivity contribution in [2.45, 2.75) is 399 Å². The van der Waals surface area contributed by atoms with Crippen molar-refractivity contribution >= 4 is 17.9 Å². The zero-order valence-corrected chi connectivity index (χ0v) is 54.6. The number of ether oxygens (including phenoxy) is 3. The Balaban J connectivity index is 4.22. The van der Waals surface area contributed by atoms with E-state index in [1.54, 1.807) is 0 Å². The number of hydrogen-bond donors (Lipinski definition) is 0. The highest BCUT2D eigenvalue weighted by molar-refractivity contribution is 5.71. The predicted molar refractivity (Wildman–Crippen MR) is 353 cm³/mol. The van der Waals surface area contributed by atoms with Gasteiger partial charge in [-0.05, 0) is 77.0 Å². The van der Waals surface area contributed by atoms with Crippen LogP contribution in [0, 0.1) is 0 Å². The van der Waals surface area contributed by atoms with Gasteiger partial charge in [-0.25, -0.2) is 0 Å². The quantitative estimate of drug-likeness (QED) is 0.0261. The van der Waals surface area contributed by atoms with Crippen LogP contribution in [0.2, 0.25) is 0 Å². The van der Waals surface area contributed by atoms with Gasteiger partial charge in [0.05, 0.1) is 0 Å². The smallest absolute Gasteiger partial charge is 0.306 e. The zero-order chi connectivity index (χ0) is 58.5. The fraction of sp³-hybridized carbons (Fsp3) is 0.853. The lowest BCUT2D eigenvalue weighted by Crippen LogP contribution is -2.30. The monoisotopic (exact) mass is 1140 g/mol. The van der Waals surface area contributed by atoms with Crippen LogP contribution < -0.4 is 0 Å². The molecule has 0 saturated heterocycles. The summed E-state index contributed by atoms with van der Waals surface area (Å²) in [6, 6.07) is 0. The Morgan fingerprint density at radius 1 is 0.247 bits per heavy atom. The molecule has 6 heteroatoms. The molecule has 0 aliphatic carbocycles. The number of carbonyl (C=O) groups is 3. The van der Waals surface area contributed by atoms with Gasteiger partial charge >= 0.3 is 17.9 Å². The Morgan fingerprint density at radius 3 is 0.728 bits per heavy atom. The molecule has 0 aliphatic rings. The molecule has 0 saturated carbocycles. The van der Waals surface area contributed by atoms with Gasteiger partial charge in [0.15, 0.2) is 6.10 Å². The lowest BCUT2D eigenvalue weighted by Gasteiger charge is -2.18. The first-order chi connectivity index (χ1) is 40.0. The first kappa shape index (κ1) is 78.4. The van der Waals surface area contributed by atoms with Gasteiger partial charge in [0.25, 0.3) is 0 Å². The highest BCUT2D eigenvalue weighted by Gasteiger charge is 2.19. The van der Waals surface area contributed by atoms with Gasteiger partial charge in [0.2, 0.25) is 0 Å². The Kier molecular flexibility index (Phi) is 67.6. The Bertz CT molecular complexity index is 1400. The molecule has 474 valence electrons. The molecule has 0 bridgehead atoms. The van der Waals surface area contributed by atoms with Crippen molar-refractivity contribution in [2.24, 2.45) is 0 Å². The number of unbranched alkanes of at least 4 members (excludes halogenated alkanes) is 48. The lowest BCUT2D eigenvalue weighted by atomic mass is 10.0. The largest absolute Gasteiger partial charge is 0.462 e. The summed E-state index contributed by atoms with van der Waals surface area (Å²) in [6.07, 6.45) is 88.6. The van der Waals surface area contributed by atoms with Crippen molar-refractivity contribution in [3.63, 3.8) is 0 Å². The van der Waals surface area contributed by atoms with Crippen LogP contribution in [0.25, 0.3) is 0 Å². The topological polar surface area (TPSA) is 78.9 Å². The number of esters is 3. The van der Waals surface area contributed by atoms with E-state index in [0.717, 1.165) is 89.9 Å². The maximum Gasteiger partial charge on any atom is 0.306 e. The van der Waals surface area contributed by atoms with Crippen LogP contribution in [0.1, 0.15) is 393 Å². The molecule has 0 fully saturated rings. The molecule has 0 N–H and O–H groups in total. The summed E-state index contributed by atoms with van der Waals surface area (Å²) in [6.45, 7) is 6.63. The van der Waals surface area contributed by atoms with Crippen LogP contribution in [-0.4, -0.2) is 37.2 Å². The molecule has 0 aromatic carbocycles. The second kappa shape index (κ2) is 69.9. The van der Waals surface area contributed by atoms with E-state index in [0.29, 0.717) is 19.3 Å². The molecular weight excluding hydrogens is 997 g/mol. The summed E-state index contributed by atoms with van der Waals surface area (Å²) in [4.78, 5) is 38.4. The molecule has 1 unspecified atom stereocenters. The van der Waals surface area contributed by atoms with Crippen LogP contribution in [0.5, 0.6) is 0 Å². The van der Waals surface area contributed by atoms with Crippen molar-refractivity contribution in [3.05, 3.63) is 48.6 Å². The van der Waals surface area contributed by atoms with E-state index in [1.165, 1.54) is 263 Å². The van der Waals surface area contributed by atoms with Gasteiger partial charge in [0.1, 0.15) is 13.2 Å². The zero-order valence-electron chi connectivity index (χ0n) is 54.6. The standard InChI is InChI=1S/C75H138O6/c1-4-7-10-13-16-19-22-25-27-29-31-33-35-37-39-41-43-45-47-50-53-56-59-62-65-68-74(77)80-71-72(70-79-73(76)67-64-61-58-55-52-49-24-21-18-15-12-9-6-3)81-75(78)69-66-63-60-57-54-51-48-46-44-42-40-38-36-34-32-30-28-26-23-20-17-14-11-8-5-2/h12,15,21-22,24-25,29,31,72H,4-11,13-14,16-20,23,26-28,30,32-71H2,1-3H3/b15-12-,24-21-,25-22-,31-29-. The van der Waals surface area contributed by atoms with Gasteiger partial charge in [-0.3, -0.25) is 14.4 Å². The average molecular weight is 1140 g/mol. The summed E-state index contributed by atoms with van der Waals surface area (Å²) < 4.78 is 17.0. The lowest BCUT2D eigenvalue weighted by molar-refractivity contribution is -0.167. The first-order valence-corrected chi connectivity index (χ1v) is 36.1. The second-order valence-electron chi connectivity index (χ2n) is 24.5. The fourth-order valence-electron chi connectivity index (χ4n) is 10.9. The molecule has 0 aliphatic heterocycles. The third-order valence-corrected chi connectivity index (χ3v) is 16.3. The average Bonchev–Trinajstić information content (AvgIpc) is 3.46. The number of allylic oxidation sites excluding steroid dienone is 8. The molecule has 0 spiro atoms. The van der Waals surface area contributed by atoms with Crippen molar-refractivity contribution in [1.82, 2.24) is 0 Å². The van der Waals surface area contributed by atoms with E-state index in [-0.39, 0.29) is 31.1 Å². The van der Waals surface area contributed by atoms with Crippen molar-refractivity contribution < 1.29 is 28.6 Å². The minimum Gasteiger partial charge on any atom is -0.462 e. The summed E-state index contributed by atoms with van der Waals surface area (Å²) in [5, 5.41) is 0. The summed E-state index contributed by atoms with van der Waals surface area (Å²) in [5.74, 6) is -0.862. The predicted octanol–water partition coefficient (Wildman–Crippen LogP) is 24.9. The van der Waals surface area contributed by atoms with Crippen LogP contribution in [0.4, 0.5) is 0 Å². The third kappa shape index (κ3) is 68.0. The Hall–Kier alpha value is -2.63. The van der Waals surface area contributed by atoms with E-state index in [2.05, 4.69) is 69.4 Å². The van der Waals surface area contributed by atoms with Crippen molar-refractivity contribution in [1.29, 1.82) is 0 Å². The molecule has 0 rings (SSSR count). The third-order valence-electron chi connectivity index (χ3n) is 16.3. The van der Waals surface area contributed by atoms with E-state index in [9.17, 15) is 14.4 Å². The minimum atomic E-state index is -0.778. The van der Waals surface area contributed by atoms with Crippen molar-refractivity contribution in [2.75, 3.05) is 13.2 Å². The van der Waals surface area contributed by atoms with E-state index >= 15 is 0 Å². The number of carbonyl (C=O) groups excluding carboxylic acids is 3. The first-order valence-electron chi connectivity index (χ1n) is 36.1. The van der Waals surface area contributed by atoms with E-state index in [1.807, 2.05) is 0 Å². The summed E-state index contributed by atoms with van der Waals surface area (Å²) in [7, 11) is 0. The fourth-order valence-corrected chi connectivity index (χ4v) is 10.9. The Labute approximate surface area is 505 Å². The summed E-state index contributed by atoms with van der Waals surface area (Å²) in [5.41, 5.74) is 0. The normalized spacial score (nSPS) is 12.3. The van der Waals surface area contributed by atoms with Crippen LogP contribution in [0.3, 0.4) is 0 Å². The van der Waals surface area contributed by atoms with Crippen LogP contribution >= 0.6 is 0 Å². The molecule has 0 radical (unpaired) electrons. The van der Waals surface area contributed by atoms with Crippen molar-refractivity contribution in [3.8, 4) is 0 Å². The maximum atomic E-state index is 13.0. The molecular formula is C75H138O6.